The summed E-state index contributed by atoms with van der Waals surface area (Å²) in [4.78, 5) is 0. The monoisotopic (exact) mass is 276 g/mol. The van der Waals surface area contributed by atoms with Crippen LogP contribution in [-0.2, 0) is 0 Å². The van der Waals surface area contributed by atoms with Gasteiger partial charge in [0, 0.05) is 0 Å². The molecule has 2 nitrogen and oxygen atoms in total. The number of aliphatic hydroxyl groups excluding tert-OH is 1. The number of benzene rings is 1. The highest BCUT2D eigenvalue weighted by Gasteiger charge is 2.37. The van der Waals surface area contributed by atoms with Gasteiger partial charge >= 0.3 is 0 Å². The summed E-state index contributed by atoms with van der Waals surface area (Å²) in [5, 5.41) is 10.9. The number of aryl methyl sites for hydroxylation is 2. The molecular formula is C18H28O2. The zero-order chi connectivity index (χ0) is 14.9. The van der Waals surface area contributed by atoms with Crippen LogP contribution < -0.4 is 4.74 Å². The molecule has 1 aliphatic carbocycles. The van der Waals surface area contributed by atoms with Crippen molar-refractivity contribution in [2.24, 2.45) is 11.3 Å². The molecule has 0 bridgehead atoms. The fourth-order valence-electron chi connectivity index (χ4n) is 3.82. The largest absolute Gasteiger partial charge is 0.496 e. The molecule has 1 aromatic carbocycles. The Hall–Kier alpha value is -1.02. The summed E-state index contributed by atoms with van der Waals surface area (Å²) in [5.74, 6) is 1.28. The molecule has 1 saturated carbocycles. The van der Waals surface area contributed by atoms with Crippen molar-refractivity contribution in [3.8, 4) is 5.75 Å². The lowest BCUT2D eigenvalue weighted by molar-refractivity contribution is 0.00377. The summed E-state index contributed by atoms with van der Waals surface area (Å²) in [7, 11) is 1.70. The van der Waals surface area contributed by atoms with Gasteiger partial charge in [0.15, 0.2) is 0 Å². The first-order valence-corrected chi connectivity index (χ1v) is 7.70. The molecule has 20 heavy (non-hydrogen) atoms. The van der Waals surface area contributed by atoms with Gasteiger partial charge in [-0.3, -0.25) is 0 Å². The van der Waals surface area contributed by atoms with E-state index in [1.807, 2.05) is 13.8 Å². The molecule has 0 aromatic heterocycles. The molecule has 0 saturated heterocycles. The smallest absolute Gasteiger partial charge is 0.124 e. The van der Waals surface area contributed by atoms with Gasteiger partial charge in [-0.2, -0.15) is 0 Å². The number of rotatable bonds is 3. The molecule has 2 rings (SSSR count). The molecule has 112 valence electrons. The van der Waals surface area contributed by atoms with E-state index in [0.717, 1.165) is 28.9 Å². The lowest BCUT2D eigenvalue weighted by Gasteiger charge is -2.41. The minimum atomic E-state index is -0.367. The summed E-state index contributed by atoms with van der Waals surface area (Å²) in [6, 6.07) is 4.17. The maximum absolute atomic E-state index is 10.9. The van der Waals surface area contributed by atoms with Crippen molar-refractivity contribution in [2.45, 2.75) is 59.5 Å². The first-order chi connectivity index (χ1) is 9.36. The van der Waals surface area contributed by atoms with E-state index in [9.17, 15) is 5.11 Å². The van der Waals surface area contributed by atoms with E-state index >= 15 is 0 Å². The van der Waals surface area contributed by atoms with Gasteiger partial charge in [0.05, 0.1) is 13.2 Å². The van der Waals surface area contributed by atoms with Gasteiger partial charge in [-0.25, -0.2) is 0 Å². The fraction of sp³-hybridized carbons (Fsp3) is 0.667. The molecule has 0 spiro atoms. The van der Waals surface area contributed by atoms with E-state index in [0.29, 0.717) is 5.92 Å². The Labute approximate surface area is 123 Å². The van der Waals surface area contributed by atoms with Crippen LogP contribution in [0.4, 0.5) is 0 Å². The van der Waals surface area contributed by atoms with Crippen LogP contribution in [0.3, 0.4) is 0 Å². The zero-order valence-electron chi connectivity index (χ0n) is 13.5. The zero-order valence-corrected chi connectivity index (χ0v) is 13.5. The van der Waals surface area contributed by atoms with Gasteiger partial charge in [0.2, 0.25) is 0 Å². The van der Waals surface area contributed by atoms with Crippen molar-refractivity contribution in [3.05, 3.63) is 28.8 Å². The lowest BCUT2D eigenvalue weighted by atomic mass is 9.65. The Balaban J connectivity index is 2.31. The number of hydrogen-bond acceptors (Lipinski definition) is 2. The summed E-state index contributed by atoms with van der Waals surface area (Å²) < 4.78 is 5.42. The molecule has 0 amide bonds. The second kappa shape index (κ2) is 5.77. The Morgan fingerprint density at radius 1 is 1.20 bits per heavy atom. The van der Waals surface area contributed by atoms with E-state index in [1.54, 1.807) is 7.11 Å². The van der Waals surface area contributed by atoms with Gasteiger partial charge in [0.1, 0.15) is 5.75 Å². The third-order valence-corrected chi connectivity index (χ3v) is 5.00. The third kappa shape index (κ3) is 2.85. The normalized spacial score (nSPS) is 23.4. The number of hydrogen-bond donors (Lipinski definition) is 1. The van der Waals surface area contributed by atoms with Crippen LogP contribution in [0, 0.1) is 25.2 Å². The maximum Gasteiger partial charge on any atom is 0.124 e. The van der Waals surface area contributed by atoms with E-state index in [4.69, 9.17) is 4.74 Å². The molecule has 1 aliphatic rings. The summed E-state index contributed by atoms with van der Waals surface area (Å²) in [6.45, 7) is 8.69. The van der Waals surface area contributed by atoms with Crippen molar-refractivity contribution < 1.29 is 9.84 Å². The highest BCUT2D eigenvalue weighted by atomic mass is 16.5. The Kier molecular flexibility index (Phi) is 4.43. The average molecular weight is 276 g/mol. The molecule has 1 fully saturated rings. The highest BCUT2D eigenvalue weighted by molar-refractivity contribution is 5.44. The van der Waals surface area contributed by atoms with Crippen LogP contribution in [0.1, 0.15) is 62.3 Å². The van der Waals surface area contributed by atoms with E-state index in [1.165, 1.54) is 19.3 Å². The van der Waals surface area contributed by atoms with Crippen molar-refractivity contribution in [2.75, 3.05) is 7.11 Å². The predicted molar refractivity (Wildman–Crippen MR) is 83.2 cm³/mol. The Morgan fingerprint density at radius 2 is 1.80 bits per heavy atom. The summed E-state index contributed by atoms with van der Waals surface area (Å²) in [6.07, 6.45) is 4.49. The fourth-order valence-corrected chi connectivity index (χ4v) is 3.82. The maximum atomic E-state index is 10.9. The topological polar surface area (TPSA) is 29.5 Å². The summed E-state index contributed by atoms with van der Waals surface area (Å²) in [5.41, 5.74) is 3.48. The second-order valence-electron chi connectivity index (χ2n) is 6.97. The van der Waals surface area contributed by atoms with E-state index in [2.05, 4.69) is 26.0 Å². The van der Waals surface area contributed by atoms with Gasteiger partial charge in [0.25, 0.3) is 0 Å². The van der Waals surface area contributed by atoms with Crippen LogP contribution in [0.25, 0.3) is 0 Å². The van der Waals surface area contributed by atoms with Crippen LogP contribution >= 0.6 is 0 Å². The molecule has 2 unspecified atom stereocenters. The van der Waals surface area contributed by atoms with Gasteiger partial charge in [-0.05, 0) is 66.8 Å². The Morgan fingerprint density at radius 3 is 2.30 bits per heavy atom. The molecular weight excluding hydrogens is 248 g/mol. The molecule has 1 N–H and O–H groups in total. The van der Waals surface area contributed by atoms with Crippen molar-refractivity contribution in [1.29, 1.82) is 0 Å². The molecule has 0 radical (unpaired) electrons. The number of aliphatic hydroxyl groups is 1. The minimum absolute atomic E-state index is 0.222. The number of methoxy groups -OCH3 is 1. The van der Waals surface area contributed by atoms with E-state index < -0.39 is 0 Å². The molecule has 2 heteroatoms. The lowest BCUT2D eigenvalue weighted by Crippen LogP contribution is -2.32. The SMILES string of the molecule is COc1c(C)cc(C(O)C2CCCCC2(C)C)cc1C. The molecule has 1 aromatic rings. The first-order valence-electron chi connectivity index (χ1n) is 7.70. The summed E-state index contributed by atoms with van der Waals surface area (Å²) >= 11 is 0. The van der Waals surface area contributed by atoms with Gasteiger partial charge in [-0.1, -0.05) is 26.7 Å². The third-order valence-electron chi connectivity index (χ3n) is 5.00. The van der Waals surface area contributed by atoms with Crippen molar-refractivity contribution >= 4 is 0 Å². The minimum Gasteiger partial charge on any atom is -0.496 e. The van der Waals surface area contributed by atoms with Crippen molar-refractivity contribution in [1.82, 2.24) is 0 Å². The average Bonchev–Trinajstić information content (AvgIpc) is 2.37. The Bertz CT molecular complexity index is 453. The van der Waals surface area contributed by atoms with Crippen LogP contribution in [0.15, 0.2) is 12.1 Å². The number of ether oxygens (including phenoxy) is 1. The van der Waals surface area contributed by atoms with Crippen molar-refractivity contribution in [3.63, 3.8) is 0 Å². The second-order valence-corrected chi connectivity index (χ2v) is 6.97. The van der Waals surface area contributed by atoms with Gasteiger partial charge in [-0.15, -0.1) is 0 Å². The molecule has 0 heterocycles. The highest BCUT2D eigenvalue weighted by Crippen LogP contribution is 2.47. The van der Waals surface area contributed by atoms with E-state index in [-0.39, 0.29) is 11.5 Å². The van der Waals surface area contributed by atoms with Gasteiger partial charge < -0.3 is 9.84 Å². The predicted octanol–water partition coefficient (Wildman–Crippen LogP) is 4.56. The van der Waals surface area contributed by atoms with Crippen LogP contribution in [-0.4, -0.2) is 12.2 Å². The van der Waals surface area contributed by atoms with Crippen LogP contribution in [0.2, 0.25) is 0 Å². The first kappa shape index (κ1) is 15.4. The van der Waals surface area contributed by atoms with Crippen LogP contribution in [0.5, 0.6) is 5.75 Å². The molecule has 0 aliphatic heterocycles. The quantitative estimate of drug-likeness (QED) is 0.876. The molecule has 2 atom stereocenters. The standard InChI is InChI=1S/C18H28O2/c1-12-10-14(11-13(2)17(12)20-5)16(19)15-8-6-7-9-18(15,3)4/h10-11,15-16,19H,6-9H2,1-5H3.